The Hall–Kier alpha value is -0.370. The monoisotopic (exact) mass is 281 g/mol. The number of ketones is 1. The Balaban J connectivity index is 2.09. The van der Waals surface area contributed by atoms with Crippen molar-refractivity contribution in [2.45, 2.75) is 90.9 Å². The number of rotatable bonds is 12. The van der Waals surface area contributed by atoms with Crippen molar-refractivity contribution in [2.24, 2.45) is 5.41 Å². The molecule has 2 nitrogen and oxygen atoms in total. The van der Waals surface area contributed by atoms with E-state index in [1.807, 2.05) is 0 Å². The molecule has 0 radical (unpaired) electrons. The Morgan fingerprint density at radius 2 is 1.60 bits per heavy atom. The van der Waals surface area contributed by atoms with E-state index in [-0.39, 0.29) is 5.41 Å². The van der Waals surface area contributed by atoms with Gasteiger partial charge in [0.1, 0.15) is 5.78 Å². The minimum absolute atomic E-state index is 0.00409. The van der Waals surface area contributed by atoms with Crippen molar-refractivity contribution in [3.8, 4) is 0 Å². The molecule has 0 aromatic rings. The van der Waals surface area contributed by atoms with Gasteiger partial charge in [0.2, 0.25) is 0 Å². The second kappa shape index (κ2) is 10.4. The van der Waals surface area contributed by atoms with Crippen LogP contribution < -0.4 is 5.32 Å². The van der Waals surface area contributed by atoms with Gasteiger partial charge in [0.05, 0.1) is 0 Å². The molecule has 0 aromatic carbocycles. The molecular weight excluding hydrogens is 246 g/mol. The molecule has 1 saturated heterocycles. The summed E-state index contributed by atoms with van der Waals surface area (Å²) in [4.78, 5) is 12.5. The summed E-state index contributed by atoms with van der Waals surface area (Å²) in [5, 5.41) is 3.39. The number of hydrogen-bond donors (Lipinski definition) is 1. The Morgan fingerprint density at radius 3 is 2.15 bits per heavy atom. The molecule has 0 aliphatic carbocycles. The molecule has 0 aromatic heterocycles. The SMILES string of the molecule is CCCCCCCCCCC(=O)C1(CCC)CCNC1. The second-order valence-corrected chi connectivity index (χ2v) is 6.61. The molecule has 0 saturated carbocycles. The quantitative estimate of drug-likeness (QED) is 0.517. The molecule has 1 aliphatic rings. The predicted octanol–water partition coefficient (Wildman–Crippen LogP) is 4.87. The lowest BCUT2D eigenvalue weighted by Crippen LogP contribution is -2.33. The highest BCUT2D eigenvalue weighted by molar-refractivity contribution is 5.85. The molecule has 2 heteroatoms. The fourth-order valence-electron chi connectivity index (χ4n) is 3.50. The van der Waals surface area contributed by atoms with Crippen molar-refractivity contribution >= 4 is 5.78 Å². The van der Waals surface area contributed by atoms with Gasteiger partial charge in [-0.25, -0.2) is 0 Å². The van der Waals surface area contributed by atoms with Gasteiger partial charge in [-0.3, -0.25) is 4.79 Å². The van der Waals surface area contributed by atoms with E-state index in [9.17, 15) is 4.79 Å². The van der Waals surface area contributed by atoms with Crippen LogP contribution in [-0.2, 0) is 4.79 Å². The molecule has 1 atom stereocenters. The van der Waals surface area contributed by atoms with Crippen LogP contribution in [0.2, 0.25) is 0 Å². The summed E-state index contributed by atoms with van der Waals surface area (Å²) in [6.07, 6.45) is 14.6. The first kappa shape index (κ1) is 17.7. The average Bonchev–Trinajstić information content (AvgIpc) is 2.92. The molecule has 1 fully saturated rings. The normalized spacial score (nSPS) is 22.3. The van der Waals surface area contributed by atoms with Gasteiger partial charge < -0.3 is 5.32 Å². The molecule has 0 bridgehead atoms. The lowest BCUT2D eigenvalue weighted by Gasteiger charge is -2.26. The first-order valence-electron chi connectivity index (χ1n) is 8.99. The fraction of sp³-hybridized carbons (Fsp3) is 0.944. The van der Waals surface area contributed by atoms with Gasteiger partial charge in [-0.1, -0.05) is 65.2 Å². The zero-order chi connectivity index (χ0) is 14.7. The van der Waals surface area contributed by atoms with Crippen molar-refractivity contribution in [1.82, 2.24) is 5.32 Å². The third-order valence-corrected chi connectivity index (χ3v) is 4.82. The van der Waals surface area contributed by atoms with E-state index in [4.69, 9.17) is 0 Å². The molecule has 0 spiro atoms. The van der Waals surface area contributed by atoms with E-state index in [0.717, 1.165) is 45.2 Å². The first-order valence-corrected chi connectivity index (χ1v) is 8.99. The van der Waals surface area contributed by atoms with Gasteiger partial charge >= 0.3 is 0 Å². The van der Waals surface area contributed by atoms with Crippen LogP contribution in [0.15, 0.2) is 0 Å². The molecule has 1 unspecified atom stereocenters. The number of nitrogens with one attached hydrogen (secondary N) is 1. The Morgan fingerprint density at radius 1 is 0.950 bits per heavy atom. The van der Waals surface area contributed by atoms with Crippen LogP contribution in [0.1, 0.15) is 90.9 Å². The van der Waals surface area contributed by atoms with E-state index < -0.39 is 0 Å². The summed E-state index contributed by atoms with van der Waals surface area (Å²) in [7, 11) is 0. The maximum absolute atomic E-state index is 12.5. The van der Waals surface area contributed by atoms with Crippen LogP contribution >= 0.6 is 0 Å². The van der Waals surface area contributed by atoms with E-state index in [1.54, 1.807) is 0 Å². The van der Waals surface area contributed by atoms with Crippen LogP contribution in [0.4, 0.5) is 0 Å². The van der Waals surface area contributed by atoms with Crippen molar-refractivity contribution < 1.29 is 4.79 Å². The van der Waals surface area contributed by atoms with Gasteiger partial charge in [-0.05, 0) is 25.8 Å². The van der Waals surface area contributed by atoms with Crippen molar-refractivity contribution in [3.05, 3.63) is 0 Å². The Kier molecular flexibility index (Phi) is 9.17. The van der Waals surface area contributed by atoms with Gasteiger partial charge in [-0.2, -0.15) is 0 Å². The fourth-order valence-corrected chi connectivity index (χ4v) is 3.50. The topological polar surface area (TPSA) is 29.1 Å². The largest absolute Gasteiger partial charge is 0.316 e. The third kappa shape index (κ3) is 5.95. The molecule has 20 heavy (non-hydrogen) atoms. The molecule has 1 N–H and O–H groups in total. The molecule has 118 valence electrons. The number of unbranched alkanes of at least 4 members (excludes halogenated alkanes) is 7. The van der Waals surface area contributed by atoms with E-state index in [1.165, 1.54) is 44.9 Å². The van der Waals surface area contributed by atoms with Crippen LogP contribution in [0.3, 0.4) is 0 Å². The van der Waals surface area contributed by atoms with Crippen molar-refractivity contribution in [3.63, 3.8) is 0 Å². The minimum atomic E-state index is -0.00409. The van der Waals surface area contributed by atoms with Gasteiger partial charge in [0.15, 0.2) is 0 Å². The first-order chi connectivity index (χ1) is 9.75. The highest BCUT2D eigenvalue weighted by Crippen LogP contribution is 2.33. The molecule has 1 aliphatic heterocycles. The van der Waals surface area contributed by atoms with E-state index in [0.29, 0.717) is 5.78 Å². The van der Waals surface area contributed by atoms with Crippen molar-refractivity contribution in [1.29, 1.82) is 0 Å². The minimum Gasteiger partial charge on any atom is -0.316 e. The van der Waals surface area contributed by atoms with Crippen LogP contribution in [0.5, 0.6) is 0 Å². The van der Waals surface area contributed by atoms with Gasteiger partial charge in [0, 0.05) is 18.4 Å². The number of carbonyl (C=O) groups excluding carboxylic acids is 1. The number of hydrogen-bond acceptors (Lipinski definition) is 2. The smallest absolute Gasteiger partial charge is 0.140 e. The summed E-state index contributed by atoms with van der Waals surface area (Å²) in [6.45, 7) is 6.42. The highest BCUT2D eigenvalue weighted by Gasteiger charge is 2.38. The zero-order valence-corrected chi connectivity index (χ0v) is 13.8. The summed E-state index contributed by atoms with van der Waals surface area (Å²) in [5.74, 6) is 0.537. The molecule has 1 heterocycles. The van der Waals surface area contributed by atoms with E-state index >= 15 is 0 Å². The Labute approximate surface area is 126 Å². The zero-order valence-electron chi connectivity index (χ0n) is 13.8. The van der Waals surface area contributed by atoms with E-state index in [2.05, 4.69) is 19.2 Å². The maximum Gasteiger partial charge on any atom is 0.140 e. The lowest BCUT2D eigenvalue weighted by atomic mass is 9.77. The third-order valence-electron chi connectivity index (χ3n) is 4.82. The van der Waals surface area contributed by atoms with Crippen LogP contribution in [-0.4, -0.2) is 18.9 Å². The predicted molar refractivity (Wildman–Crippen MR) is 87.1 cm³/mol. The number of carbonyl (C=O) groups is 1. The molecule has 1 rings (SSSR count). The number of Topliss-reactive ketones (excluding diaryl/α,β-unsaturated/α-hetero) is 1. The van der Waals surface area contributed by atoms with Gasteiger partial charge in [0.25, 0.3) is 0 Å². The highest BCUT2D eigenvalue weighted by atomic mass is 16.1. The second-order valence-electron chi connectivity index (χ2n) is 6.61. The van der Waals surface area contributed by atoms with Gasteiger partial charge in [-0.15, -0.1) is 0 Å². The molecule has 0 amide bonds. The average molecular weight is 281 g/mol. The maximum atomic E-state index is 12.5. The lowest BCUT2D eigenvalue weighted by molar-refractivity contribution is -0.128. The van der Waals surface area contributed by atoms with Crippen LogP contribution in [0, 0.1) is 5.41 Å². The summed E-state index contributed by atoms with van der Waals surface area (Å²) in [5.41, 5.74) is -0.00409. The summed E-state index contributed by atoms with van der Waals surface area (Å²) >= 11 is 0. The van der Waals surface area contributed by atoms with Crippen molar-refractivity contribution in [2.75, 3.05) is 13.1 Å². The van der Waals surface area contributed by atoms with Crippen LogP contribution in [0.25, 0.3) is 0 Å². The standard InChI is InChI=1S/C18H35NO/c1-3-5-6-7-8-9-10-11-12-17(20)18(13-4-2)14-15-19-16-18/h19H,3-16H2,1-2H3. The Bertz CT molecular complexity index is 256. The molecular formula is C18H35NO. The summed E-state index contributed by atoms with van der Waals surface area (Å²) < 4.78 is 0. The summed E-state index contributed by atoms with van der Waals surface area (Å²) in [6, 6.07) is 0.